The molecule has 1 aliphatic heterocycles. The third kappa shape index (κ3) is 3.47. The molecule has 1 heterocycles. The molecule has 21 heavy (non-hydrogen) atoms. The smallest absolute Gasteiger partial charge is 0.417 e. The summed E-state index contributed by atoms with van der Waals surface area (Å²) < 4.78 is 43.1. The molecule has 0 radical (unpaired) electrons. The van der Waals surface area contributed by atoms with Crippen LogP contribution in [0.1, 0.15) is 31.4 Å². The van der Waals surface area contributed by atoms with Gasteiger partial charge in [-0.1, -0.05) is 18.2 Å². The van der Waals surface area contributed by atoms with Gasteiger partial charge in [0.2, 0.25) is 5.91 Å². The summed E-state index contributed by atoms with van der Waals surface area (Å²) >= 11 is 0. The molecule has 1 aromatic carbocycles. The normalized spacial score (nSPS) is 20.9. The minimum Gasteiger partial charge on any atom is -0.493 e. The van der Waals surface area contributed by atoms with E-state index in [0.717, 1.165) is 5.56 Å². The van der Waals surface area contributed by atoms with Crippen LogP contribution in [0.5, 0.6) is 5.75 Å². The van der Waals surface area contributed by atoms with Crippen molar-refractivity contribution in [2.24, 2.45) is 0 Å². The summed E-state index contributed by atoms with van der Waals surface area (Å²) in [5.41, 5.74) is -2.31. The van der Waals surface area contributed by atoms with E-state index >= 15 is 0 Å². The zero-order chi connectivity index (χ0) is 15.7. The Morgan fingerprint density at radius 3 is 2.76 bits per heavy atom. The summed E-state index contributed by atoms with van der Waals surface area (Å²) in [6.07, 6.45) is -5.41. The standard InChI is InChI=1S/C14H16F3NO3/c1-13(20,14(15,16)17)8-12(19)18-10-6-7-21-11-5-3-2-4-9(10)11/h2-5,10,20H,6-8H2,1H3,(H,18,19)/t10-,13-/m0/s1. The summed E-state index contributed by atoms with van der Waals surface area (Å²) in [7, 11) is 0. The molecule has 0 saturated carbocycles. The Balaban J connectivity index is 2.05. The highest BCUT2D eigenvalue weighted by Crippen LogP contribution is 2.34. The monoisotopic (exact) mass is 303 g/mol. The van der Waals surface area contributed by atoms with Crippen molar-refractivity contribution in [3.05, 3.63) is 29.8 Å². The van der Waals surface area contributed by atoms with Gasteiger partial charge in [-0.2, -0.15) is 13.2 Å². The average Bonchev–Trinajstić information content (AvgIpc) is 2.37. The molecule has 0 spiro atoms. The van der Waals surface area contributed by atoms with Crippen molar-refractivity contribution in [1.29, 1.82) is 0 Å². The average molecular weight is 303 g/mol. The number of benzene rings is 1. The number of carbonyl (C=O) groups is 1. The van der Waals surface area contributed by atoms with Crippen LogP contribution in [0.4, 0.5) is 13.2 Å². The van der Waals surface area contributed by atoms with E-state index in [1.54, 1.807) is 24.3 Å². The van der Waals surface area contributed by atoms with Gasteiger partial charge in [-0.25, -0.2) is 0 Å². The quantitative estimate of drug-likeness (QED) is 0.901. The molecule has 0 aromatic heterocycles. The molecule has 1 aliphatic rings. The predicted octanol–water partition coefficient (Wildman–Crippen LogP) is 2.33. The van der Waals surface area contributed by atoms with E-state index in [2.05, 4.69) is 5.32 Å². The van der Waals surface area contributed by atoms with Gasteiger partial charge in [0.25, 0.3) is 0 Å². The third-order valence-corrected chi connectivity index (χ3v) is 3.41. The van der Waals surface area contributed by atoms with Crippen molar-refractivity contribution < 1.29 is 27.8 Å². The van der Waals surface area contributed by atoms with E-state index in [-0.39, 0.29) is 0 Å². The number of nitrogens with one attached hydrogen (secondary N) is 1. The maximum Gasteiger partial charge on any atom is 0.417 e. The van der Waals surface area contributed by atoms with E-state index in [9.17, 15) is 23.1 Å². The van der Waals surface area contributed by atoms with E-state index in [4.69, 9.17) is 4.74 Å². The van der Waals surface area contributed by atoms with Gasteiger partial charge >= 0.3 is 6.18 Å². The summed E-state index contributed by atoms with van der Waals surface area (Å²) in [4.78, 5) is 11.8. The van der Waals surface area contributed by atoms with Gasteiger partial charge in [-0.15, -0.1) is 0 Å². The van der Waals surface area contributed by atoms with Gasteiger partial charge in [-0.05, 0) is 13.0 Å². The number of carbonyl (C=O) groups excluding carboxylic acids is 1. The van der Waals surface area contributed by atoms with Gasteiger partial charge in [0, 0.05) is 12.0 Å². The summed E-state index contributed by atoms with van der Waals surface area (Å²) in [6.45, 7) is 0.960. The van der Waals surface area contributed by atoms with Gasteiger partial charge in [0.15, 0.2) is 5.60 Å². The highest BCUT2D eigenvalue weighted by Gasteiger charge is 2.51. The molecular weight excluding hydrogens is 287 g/mol. The first kappa shape index (κ1) is 15.6. The van der Waals surface area contributed by atoms with Crippen molar-refractivity contribution in [3.8, 4) is 5.75 Å². The van der Waals surface area contributed by atoms with Gasteiger partial charge in [0.05, 0.1) is 19.1 Å². The van der Waals surface area contributed by atoms with Gasteiger partial charge in [-0.3, -0.25) is 4.79 Å². The Bertz CT molecular complexity index is 528. The van der Waals surface area contributed by atoms with E-state index < -0.39 is 30.1 Å². The number of halogens is 3. The zero-order valence-corrected chi connectivity index (χ0v) is 11.4. The number of alkyl halides is 3. The maximum absolute atomic E-state index is 12.6. The number of fused-ring (bicyclic) bond motifs is 1. The molecule has 4 nitrogen and oxygen atoms in total. The van der Waals surface area contributed by atoms with Crippen molar-refractivity contribution >= 4 is 5.91 Å². The van der Waals surface area contributed by atoms with Crippen LogP contribution in [0.3, 0.4) is 0 Å². The Morgan fingerprint density at radius 1 is 1.43 bits per heavy atom. The van der Waals surface area contributed by atoms with Crippen LogP contribution in [-0.2, 0) is 4.79 Å². The number of para-hydroxylation sites is 1. The number of rotatable bonds is 3. The van der Waals surface area contributed by atoms with Crippen LogP contribution in [0.15, 0.2) is 24.3 Å². The summed E-state index contributed by atoms with van der Waals surface area (Å²) in [5, 5.41) is 11.9. The lowest BCUT2D eigenvalue weighted by atomic mass is 9.98. The summed E-state index contributed by atoms with van der Waals surface area (Å²) in [6, 6.07) is 6.61. The second-order valence-corrected chi connectivity index (χ2v) is 5.24. The highest BCUT2D eigenvalue weighted by atomic mass is 19.4. The van der Waals surface area contributed by atoms with Gasteiger partial charge < -0.3 is 15.2 Å². The van der Waals surface area contributed by atoms with E-state index in [1.807, 2.05) is 0 Å². The largest absolute Gasteiger partial charge is 0.493 e. The van der Waals surface area contributed by atoms with Crippen LogP contribution in [0.2, 0.25) is 0 Å². The van der Waals surface area contributed by atoms with E-state index in [0.29, 0.717) is 25.7 Å². The number of amides is 1. The Kier molecular flexibility index (Phi) is 4.13. The summed E-state index contributed by atoms with van der Waals surface area (Å²) in [5.74, 6) is -0.240. The second-order valence-electron chi connectivity index (χ2n) is 5.24. The maximum atomic E-state index is 12.6. The first-order chi connectivity index (χ1) is 9.71. The highest BCUT2D eigenvalue weighted by molar-refractivity contribution is 5.77. The van der Waals surface area contributed by atoms with Crippen LogP contribution in [-0.4, -0.2) is 29.4 Å². The molecular formula is C14H16F3NO3. The van der Waals surface area contributed by atoms with Crippen LogP contribution < -0.4 is 10.1 Å². The minimum absolute atomic E-state index is 0.373. The fourth-order valence-electron chi connectivity index (χ4n) is 2.15. The number of aliphatic hydroxyl groups is 1. The molecule has 0 aliphatic carbocycles. The lowest BCUT2D eigenvalue weighted by Crippen LogP contribution is -2.46. The lowest BCUT2D eigenvalue weighted by molar-refractivity contribution is -0.253. The molecule has 116 valence electrons. The molecule has 0 fully saturated rings. The van der Waals surface area contributed by atoms with Crippen LogP contribution in [0, 0.1) is 0 Å². The molecule has 7 heteroatoms. The van der Waals surface area contributed by atoms with Gasteiger partial charge in [0.1, 0.15) is 5.75 Å². The fourth-order valence-corrected chi connectivity index (χ4v) is 2.15. The lowest BCUT2D eigenvalue weighted by Gasteiger charge is -2.29. The first-order valence-corrected chi connectivity index (χ1v) is 6.51. The molecule has 1 amide bonds. The van der Waals surface area contributed by atoms with Crippen molar-refractivity contribution in [2.75, 3.05) is 6.61 Å². The number of ether oxygens (including phenoxy) is 1. The van der Waals surface area contributed by atoms with Crippen molar-refractivity contribution in [1.82, 2.24) is 5.32 Å². The predicted molar refractivity (Wildman–Crippen MR) is 68.7 cm³/mol. The molecule has 2 atom stereocenters. The van der Waals surface area contributed by atoms with Crippen molar-refractivity contribution in [3.63, 3.8) is 0 Å². The van der Waals surface area contributed by atoms with Crippen LogP contribution in [0.25, 0.3) is 0 Å². The Morgan fingerprint density at radius 2 is 2.10 bits per heavy atom. The number of hydrogen-bond donors (Lipinski definition) is 2. The van der Waals surface area contributed by atoms with Crippen LogP contribution >= 0.6 is 0 Å². The SMILES string of the molecule is C[C@](O)(CC(=O)N[C@H]1CCOc2ccccc21)C(F)(F)F. The molecule has 0 unspecified atom stereocenters. The fraction of sp³-hybridized carbons (Fsp3) is 0.500. The first-order valence-electron chi connectivity index (χ1n) is 6.51. The molecule has 0 bridgehead atoms. The molecule has 1 aromatic rings. The molecule has 0 saturated heterocycles. The van der Waals surface area contributed by atoms with E-state index in [1.165, 1.54) is 0 Å². The number of hydrogen-bond acceptors (Lipinski definition) is 3. The second kappa shape index (κ2) is 5.55. The zero-order valence-electron chi connectivity index (χ0n) is 11.4. The minimum atomic E-state index is -4.85. The molecule has 2 N–H and O–H groups in total. The topological polar surface area (TPSA) is 58.6 Å². The third-order valence-electron chi connectivity index (χ3n) is 3.41. The Hall–Kier alpha value is -1.76. The Labute approximate surface area is 119 Å². The molecule has 2 rings (SSSR count). The van der Waals surface area contributed by atoms with Crippen molar-refractivity contribution in [2.45, 2.75) is 37.6 Å².